The van der Waals surface area contributed by atoms with Crippen LogP contribution in [0.5, 0.6) is 11.6 Å². The molecule has 0 unspecified atom stereocenters. The fourth-order valence-electron chi connectivity index (χ4n) is 2.99. The quantitative estimate of drug-likeness (QED) is 0.531. The number of fused-ring (bicyclic) bond motifs is 1. The van der Waals surface area contributed by atoms with E-state index >= 15 is 0 Å². The van der Waals surface area contributed by atoms with Crippen molar-refractivity contribution in [2.75, 3.05) is 5.32 Å². The molecule has 142 valence electrons. The van der Waals surface area contributed by atoms with E-state index in [1.807, 2.05) is 12.1 Å². The van der Waals surface area contributed by atoms with Gasteiger partial charge in [-0.2, -0.15) is 10.4 Å². The lowest BCUT2D eigenvalue weighted by Gasteiger charge is -2.12. The van der Waals surface area contributed by atoms with Crippen molar-refractivity contribution in [1.82, 2.24) is 14.6 Å². The third-order valence-corrected chi connectivity index (χ3v) is 4.39. The molecule has 2 N–H and O–H groups in total. The number of nitriles is 1. The molecule has 0 amide bonds. The molecule has 0 aliphatic carbocycles. The number of carboxylic acids is 1. The number of hydrogen-bond donors (Lipinski definition) is 2. The molecule has 1 aromatic carbocycles. The lowest BCUT2D eigenvalue weighted by atomic mass is 10.1. The molecule has 0 bridgehead atoms. The van der Waals surface area contributed by atoms with Crippen LogP contribution < -0.4 is 10.1 Å². The Hall–Kier alpha value is -4.38. The monoisotopic (exact) mass is 385 g/mol. The van der Waals surface area contributed by atoms with Crippen LogP contribution in [0.3, 0.4) is 0 Å². The van der Waals surface area contributed by atoms with Crippen LogP contribution in [0.25, 0.3) is 5.52 Å². The molecule has 3 aromatic heterocycles. The largest absolute Gasteiger partial charge is 0.478 e. The summed E-state index contributed by atoms with van der Waals surface area (Å²) < 4.78 is 7.14. The highest BCUT2D eigenvalue weighted by Gasteiger charge is 2.19. The molecule has 0 saturated carbocycles. The van der Waals surface area contributed by atoms with Crippen LogP contribution in [-0.2, 0) is 0 Å². The Bertz CT molecular complexity index is 1240. The summed E-state index contributed by atoms with van der Waals surface area (Å²) in [5.74, 6) is 0.0518. The van der Waals surface area contributed by atoms with Gasteiger partial charge in [-0.1, -0.05) is 6.07 Å². The normalized spacial score (nSPS) is 10.5. The molecule has 0 aliphatic rings. The molecule has 0 aliphatic heterocycles. The highest BCUT2D eigenvalue weighted by molar-refractivity contribution is 5.96. The van der Waals surface area contributed by atoms with Gasteiger partial charge in [0.15, 0.2) is 0 Å². The molecule has 0 saturated heterocycles. The standard InChI is InChI=1S/C21H15N5O3/c1-13-17(21(27)28)12-26-20(13)19(14(10-22)11-24-26)25-15-5-7-16(8-6-15)29-18-4-2-3-9-23-18/h2-9,11-12,25H,1H3,(H,27,28). The molecule has 3 heterocycles. The van der Waals surface area contributed by atoms with E-state index in [-0.39, 0.29) is 5.56 Å². The maximum atomic E-state index is 11.5. The minimum atomic E-state index is -1.05. The summed E-state index contributed by atoms with van der Waals surface area (Å²) in [5, 5.41) is 26.2. The van der Waals surface area contributed by atoms with Crippen molar-refractivity contribution >= 4 is 22.9 Å². The minimum absolute atomic E-state index is 0.134. The second-order valence-electron chi connectivity index (χ2n) is 6.23. The van der Waals surface area contributed by atoms with Gasteiger partial charge in [-0.25, -0.2) is 14.3 Å². The number of carbonyl (C=O) groups is 1. The Morgan fingerprint density at radius 1 is 1.24 bits per heavy atom. The molecule has 29 heavy (non-hydrogen) atoms. The summed E-state index contributed by atoms with van der Waals surface area (Å²) in [6.45, 7) is 1.69. The van der Waals surface area contributed by atoms with E-state index in [1.165, 1.54) is 16.9 Å². The molecule has 0 fully saturated rings. The van der Waals surface area contributed by atoms with E-state index in [0.717, 1.165) is 0 Å². The Morgan fingerprint density at radius 2 is 2.03 bits per heavy atom. The zero-order valence-electron chi connectivity index (χ0n) is 15.3. The summed E-state index contributed by atoms with van der Waals surface area (Å²) in [5.41, 5.74) is 2.71. The highest BCUT2D eigenvalue weighted by Crippen LogP contribution is 2.31. The van der Waals surface area contributed by atoms with Crippen LogP contribution in [-0.4, -0.2) is 25.7 Å². The zero-order valence-corrected chi connectivity index (χ0v) is 15.3. The number of ether oxygens (including phenoxy) is 1. The van der Waals surface area contributed by atoms with Gasteiger partial charge in [0, 0.05) is 24.1 Å². The first-order valence-electron chi connectivity index (χ1n) is 8.67. The SMILES string of the molecule is Cc1c(C(=O)O)cn2ncc(C#N)c(Nc3ccc(Oc4ccccn4)cc3)c12. The Kier molecular flexibility index (Phi) is 4.55. The van der Waals surface area contributed by atoms with Gasteiger partial charge in [-0.3, -0.25) is 0 Å². The second kappa shape index (κ2) is 7.32. The molecule has 4 aromatic rings. The van der Waals surface area contributed by atoms with Gasteiger partial charge in [-0.15, -0.1) is 0 Å². The lowest BCUT2D eigenvalue weighted by Crippen LogP contribution is -2.01. The van der Waals surface area contributed by atoms with E-state index < -0.39 is 5.97 Å². The van der Waals surface area contributed by atoms with Crippen LogP contribution in [0.1, 0.15) is 21.5 Å². The molecular formula is C21H15N5O3. The van der Waals surface area contributed by atoms with E-state index in [0.29, 0.717) is 39.6 Å². The molecule has 8 nitrogen and oxygen atoms in total. The Morgan fingerprint density at radius 3 is 2.69 bits per heavy atom. The fraction of sp³-hybridized carbons (Fsp3) is 0.0476. The third-order valence-electron chi connectivity index (χ3n) is 4.39. The number of nitrogens with zero attached hydrogens (tertiary/aromatic N) is 4. The number of nitrogens with one attached hydrogen (secondary N) is 1. The predicted molar refractivity (Wildman–Crippen MR) is 106 cm³/mol. The van der Waals surface area contributed by atoms with E-state index in [4.69, 9.17) is 4.74 Å². The van der Waals surface area contributed by atoms with E-state index in [9.17, 15) is 15.2 Å². The predicted octanol–water partition coefficient (Wildman–Crippen LogP) is 4.14. The maximum Gasteiger partial charge on any atom is 0.337 e. The molecule has 4 rings (SSSR count). The van der Waals surface area contributed by atoms with E-state index in [1.54, 1.807) is 43.5 Å². The topological polar surface area (TPSA) is 113 Å². The number of pyridine rings is 1. The lowest BCUT2D eigenvalue weighted by molar-refractivity contribution is 0.0696. The van der Waals surface area contributed by atoms with Crippen molar-refractivity contribution in [3.63, 3.8) is 0 Å². The summed E-state index contributed by atoms with van der Waals surface area (Å²) >= 11 is 0. The van der Waals surface area contributed by atoms with Crippen molar-refractivity contribution in [2.45, 2.75) is 6.92 Å². The average Bonchev–Trinajstić information content (AvgIpc) is 3.08. The van der Waals surface area contributed by atoms with Gasteiger partial charge >= 0.3 is 5.97 Å². The summed E-state index contributed by atoms with van der Waals surface area (Å²) in [6.07, 6.45) is 4.48. The summed E-state index contributed by atoms with van der Waals surface area (Å²) in [6, 6.07) is 14.6. The number of benzene rings is 1. The Balaban J connectivity index is 1.68. The van der Waals surface area contributed by atoms with Crippen molar-refractivity contribution in [3.8, 4) is 17.7 Å². The number of rotatable bonds is 5. The van der Waals surface area contributed by atoms with Gasteiger partial charge in [0.2, 0.25) is 5.88 Å². The molecule has 0 radical (unpaired) electrons. The zero-order chi connectivity index (χ0) is 20.4. The average molecular weight is 385 g/mol. The van der Waals surface area contributed by atoms with Gasteiger partial charge in [0.1, 0.15) is 11.8 Å². The van der Waals surface area contributed by atoms with Crippen molar-refractivity contribution in [3.05, 3.63) is 77.7 Å². The summed E-state index contributed by atoms with van der Waals surface area (Å²) in [7, 11) is 0. The minimum Gasteiger partial charge on any atom is -0.478 e. The maximum absolute atomic E-state index is 11.5. The molecule has 0 spiro atoms. The number of aromatic nitrogens is 3. The van der Waals surface area contributed by atoms with Crippen LogP contribution >= 0.6 is 0 Å². The van der Waals surface area contributed by atoms with Gasteiger partial charge in [-0.05, 0) is 42.8 Å². The Labute approximate surface area is 165 Å². The number of anilines is 2. The van der Waals surface area contributed by atoms with Gasteiger partial charge in [0.25, 0.3) is 0 Å². The third kappa shape index (κ3) is 3.44. The van der Waals surface area contributed by atoms with Crippen LogP contribution in [0, 0.1) is 18.3 Å². The van der Waals surface area contributed by atoms with Crippen molar-refractivity contribution in [1.29, 1.82) is 5.26 Å². The second-order valence-corrected chi connectivity index (χ2v) is 6.23. The number of carboxylic acid groups (broad SMARTS) is 1. The first-order valence-corrected chi connectivity index (χ1v) is 8.67. The summed E-state index contributed by atoms with van der Waals surface area (Å²) in [4.78, 5) is 15.6. The van der Waals surface area contributed by atoms with Crippen molar-refractivity contribution in [2.24, 2.45) is 0 Å². The number of aryl methyl sites for hydroxylation is 1. The van der Waals surface area contributed by atoms with Crippen LogP contribution in [0.15, 0.2) is 61.1 Å². The number of aromatic carboxylic acids is 1. The smallest absolute Gasteiger partial charge is 0.337 e. The fourth-order valence-corrected chi connectivity index (χ4v) is 2.99. The van der Waals surface area contributed by atoms with Crippen LogP contribution in [0.2, 0.25) is 0 Å². The number of hydrogen-bond acceptors (Lipinski definition) is 6. The van der Waals surface area contributed by atoms with Gasteiger partial charge in [0.05, 0.1) is 28.5 Å². The van der Waals surface area contributed by atoms with Gasteiger partial charge < -0.3 is 15.2 Å². The van der Waals surface area contributed by atoms with Crippen LogP contribution in [0.4, 0.5) is 11.4 Å². The first-order chi connectivity index (χ1) is 14.1. The van der Waals surface area contributed by atoms with E-state index in [2.05, 4.69) is 21.5 Å². The molecular weight excluding hydrogens is 370 g/mol. The first kappa shape index (κ1) is 18.0. The van der Waals surface area contributed by atoms with Crippen molar-refractivity contribution < 1.29 is 14.6 Å². The highest BCUT2D eigenvalue weighted by atomic mass is 16.5. The molecule has 8 heteroatoms. The molecule has 0 atom stereocenters.